The van der Waals surface area contributed by atoms with Gasteiger partial charge in [-0.25, -0.2) is 4.79 Å². The lowest BCUT2D eigenvalue weighted by atomic mass is 9.90. The molecule has 3 amide bonds. The van der Waals surface area contributed by atoms with Crippen molar-refractivity contribution < 1.29 is 9.59 Å². The summed E-state index contributed by atoms with van der Waals surface area (Å²) in [5.74, 6) is 1.16. The largest absolute Gasteiger partial charge is 0.337 e. The molecular formula is C18H25N3O2. The topological polar surface area (TPSA) is 61.4 Å². The second-order valence-corrected chi connectivity index (χ2v) is 7.07. The van der Waals surface area contributed by atoms with Gasteiger partial charge in [-0.3, -0.25) is 4.79 Å². The summed E-state index contributed by atoms with van der Waals surface area (Å²) >= 11 is 0. The number of fused-ring (bicyclic) bond motifs is 1. The van der Waals surface area contributed by atoms with E-state index in [1.165, 1.54) is 6.42 Å². The number of anilines is 1. The molecule has 2 aliphatic heterocycles. The Labute approximate surface area is 137 Å². The number of benzene rings is 1. The SMILES string of the molecule is C[C@@H]1C[C@H](C)CN(C(=O)NC[C@@H]2CC(=O)Nc3ccccc32)C1. The van der Waals surface area contributed by atoms with E-state index in [2.05, 4.69) is 24.5 Å². The second kappa shape index (κ2) is 6.60. The summed E-state index contributed by atoms with van der Waals surface area (Å²) in [6.07, 6.45) is 1.60. The molecule has 2 heterocycles. The summed E-state index contributed by atoms with van der Waals surface area (Å²) < 4.78 is 0. The quantitative estimate of drug-likeness (QED) is 0.881. The van der Waals surface area contributed by atoms with Crippen LogP contribution < -0.4 is 10.6 Å². The van der Waals surface area contributed by atoms with Crippen molar-refractivity contribution in [3.63, 3.8) is 0 Å². The third kappa shape index (κ3) is 3.66. The highest BCUT2D eigenvalue weighted by Crippen LogP contribution is 2.31. The van der Waals surface area contributed by atoms with Crippen LogP contribution in [-0.4, -0.2) is 36.5 Å². The third-order valence-electron chi connectivity index (χ3n) is 4.76. The van der Waals surface area contributed by atoms with Crippen LogP contribution in [0, 0.1) is 11.8 Å². The van der Waals surface area contributed by atoms with Gasteiger partial charge in [0.2, 0.25) is 5.91 Å². The number of rotatable bonds is 2. The summed E-state index contributed by atoms with van der Waals surface area (Å²) in [7, 11) is 0. The minimum atomic E-state index is -0.00753. The molecule has 5 nitrogen and oxygen atoms in total. The average Bonchev–Trinajstić information content (AvgIpc) is 2.51. The Kier molecular flexibility index (Phi) is 4.55. The fourth-order valence-electron chi connectivity index (χ4n) is 3.84. The normalized spacial score (nSPS) is 27.1. The highest BCUT2D eigenvalue weighted by Gasteiger charge is 2.28. The van der Waals surface area contributed by atoms with Crippen LogP contribution in [-0.2, 0) is 4.79 Å². The second-order valence-electron chi connectivity index (χ2n) is 7.07. The van der Waals surface area contributed by atoms with Gasteiger partial charge in [0.05, 0.1) is 0 Å². The van der Waals surface area contributed by atoms with Crippen molar-refractivity contribution in [1.29, 1.82) is 0 Å². The van der Waals surface area contributed by atoms with Crippen LogP contribution in [0.4, 0.5) is 10.5 Å². The molecule has 0 spiro atoms. The number of carbonyl (C=O) groups is 2. The number of carbonyl (C=O) groups excluding carboxylic acids is 2. The predicted molar refractivity (Wildman–Crippen MR) is 90.3 cm³/mol. The molecule has 1 fully saturated rings. The Hall–Kier alpha value is -2.04. The van der Waals surface area contributed by atoms with E-state index in [4.69, 9.17) is 0 Å². The van der Waals surface area contributed by atoms with Crippen LogP contribution in [0.2, 0.25) is 0 Å². The summed E-state index contributed by atoms with van der Waals surface area (Å²) in [4.78, 5) is 26.2. The van der Waals surface area contributed by atoms with Crippen LogP contribution in [0.25, 0.3) is 0 Å². The number of likely N-dealkylation sites (tertiary alicyclic amines) is 1. The maximum atomic E-state index is 12.4. The highest BCUT2D eigenvalue weighted by atomic mass is 16.2. The molecule has 3 rings (SSSR count). The van der Waals surface area contributed by atoms with Gasteiger partial charge in [0.1, 0.15) is 0 Å². The molecule has 3 atom stereocenters. The fraction of sp³-hybridized carbons (Fsp3) is 0.556. The molecule has 1 aromatic carbocycles. The van der Waals surface area contributed by atoms with E-state index in [1.54, 1.807) is 0 Å². The summed E-state index contributed by atoms with van der Waals surface area (Å²) in [5, 5.41) is 5.92. The zero-order chi connectivity index (χ0) is 16.4. The molecule has 0 bridgehead atoms. The molecule has 0 radical (unpaired) electrons. The predicted octanol–water partition coefficient (Wildman–Crippen LogP) is 2.80. The lowest BCUT2D eigenvalue weighted by Gasteiger charge is -2.35. The average molecular weight is 315 g/mol. The molecular weight excluding hydrogens is 290 g/mol. The molecule has 1 saturated heterocycles. The number of amides is 3. The van der Waals surface area contributed by atoms with Crippen LogP contribution in [0.1, 0.15) is 38.2 Å². The minimum absolute atomic E-state index is 0.00753. The number of hydrogen-bond acceptors (Lipinski definition) is 2. The number of piperidine rings is 1. The maximum absolute atomic E-state index is 12.4. The lowest BCUT2D eigenvalue weighted by molar-refractivity contribution is -0.116. The van der Waals surface area contributed by atoms with Crippen molar-refractivity contribution >= 4 is 17.6 Å². The molecule has 1 aromatic rings. The zero-order valence-corrected chi connectivity index (χ0v) is 13.8. The molecule has 124 valence electrons. The molecule has 0 saturated carbocycles. The number of hydrogen-bond donors (Lipinski definition) is 2. The Balaban J connectivity index is 1.62. The van der Waals surface area contributed by atoms with E-state index in [0.717, 1.165) is 24.3 Å². The van der Waals surface area contributed by atoms with Gasteiger partial charge in [-0.15, -0.1) is 0 Å². The van der Waals surface area contributed by atoms with Crippen LogP contribution in [0.15, 0.2) is 24.3 Å². The number of para-hydroxylation sites is 1. The lowest BCUT2D eigenvalue weighted by Crippen LogP contribution is -2.48. The first-order valence-corrected chi connectivity index (χ1v) is 8.44. The van der Waals surface area contributed by atoms with E-state index in [0.29, 0.717) is 24.8 Å². The Bertz CT molecular complexity index is 592. The minimum Gasteiger partial charge on any atom is -0.337 e. The number of nitrogens with one attached hydrogen (secondary N) is 2. The Morgan fingerprint density at radius 1 is 1.26 bits per heavy atom. The Morgan fingerprint density at radius 3 is 2.70 bits per heavy atom. The molecule has 23 heavy (non-hydrogen) atoms. The summed E-state index contributed by atoms with van der Waals surface area (Å²) in [5.41, 5.74) is 1.97. The first-order chi connectivity index (χ1) is 11.0. The van der Waals surface area contributed by atoms with E-state index >= 15 is 0 Å². The van der Waals surface area contributed by atoms with Gasteiger partial charge >= 0.3 is 6.03 Å². The van der Waals surface area contributed by atoms with E-state index in [1.807, 2.05) is 29.2 Å². The maximum Gasteiger partial charge on any atom is 0.317 e. The van der Waals surface area contributed by atoms with E-state index in [-0.39, 0.29) is 17.9 Å². The smallest absolute Gasteiger partial charge is 0.317 e. The van der Waals surface area contributed by atoms with Gasteiger partial charge in [0, 0.05) is 37.7 Å². The number of nitrogens with zero attached hydrogens (tertiary/aromatic N) is 1. The number of urea groups is 1. The Morgan fingerprint density at radius 2 is 1.96 bits per heavy atom. The van der Waals surface area contributed by atoms with E-state index in [9.17, 15) is 9.59 Å². The van der Waals surface area contributed by atoms with Crippen molar-refractivity contribution in [1.82, 2.24) is 10.2 Å². The van der Waals surface area contributed by atoms with Gasteiger partial charge < -0.3 is 15.5 Å². The van der Waals surface area contributed by atoms with Gasteiger partial charge in [-0.05, 0) is 29.9 Å². The van der Waals surface area contributed by atoms with Gasteiger partial charge in [-0.2, -0.15) is 0 Å². The third-order valence-corrected chi connectivity index (χ3v) is 4.76. The standard InChI is InChI=1S/C18H25N3O2/c1-12-7-13(2)11-21(10-12)18(23)19-9-14-8-17(22)20-16-6-4-3-5-15(14)16/h3-6,12-14H,7-11H2,1-2H3,(H,19,23)(H,20,22)/t12-,13+,14-/m0/s1. The van der Waals surface area contributed by atoms with Crippen molar-refractivity contribution in [2.45, 2.75) is 32.6 Å². The van der Waals surface area contributed by atoms with Gasteiger partial charge in [-0.1, -0.05) is 32.0 Å². The summed E-state index contributed by atoms with van der Waals surface area (Å²) in [6.45, 7) is 6.52. The van der Waals surface area contributed by atoms with Crippen molar-refractivity contribution in [2.24, 2.45) is 11.8 Å². The molecule has 5 heteroatoms. The molecule has 2 aliphatic rings. The van der Waals surface area contributed by atoms with Crippen LogP contribution in [0.5, 0.6) is 0 Å². The van der Waals surface area contributed by atoms with Crippen molar-refractivity contribution in [2.75, 3.05) is 25.0 Å². The molecule has 2 N–H and O–H groups in total. The van der Waals surface area contributed by atoms with Crippen LogP contribution >= 0.6 is 0 Å². The van der Waals surface area contributed by atoms with E-state index < -0.39 is 0 Å². The molecule has 0 unspecified atom stereocenters. The first-order valence-electron chi connectivity index (χ1n) is 8.44. The first kappa shape index (κ1) is 15.8. The fourth-order valence-corrected chi connectivity index (χ4v) is 3.84. The highest BCUT2D eigenvalue weighted by molar-refractivity contribution is 5.94. The zero-order valence-electron chi connectivity index (χ0n) is 13.8. The van der Waals surface area contributed by atoms with Crippen molar-refractivity contribution in [3.05, 3.63) is 29.8 Å². The van der Waals surface area contributed by atoms with Gasteiger partial charge in [0.15, 0.2) is 0 Å². The summed E-state index contributed by atoms with van der Waals surface area (Å²) in [6, 6.07) is 7.81. The van der Waals surface area contributed by atoms with Gasteiger partial charge in [0.25, 0.3) is 0 Å². The molecule has 0 aliphatic carbocycles. The molecule has 0 aromatic heterocycles. The van der Waals surface area contributed by atoms with Crippen molar-refractivity contribution in [3.8, 4) is 0 Å². The monoisotopic (exact) mass is 315 g/mol. The van der Waals surface area contributed by atoms with Crippen LogP contribution in [0.3, 0.4) is 0 Å².